The molecule has 2 unspecified atom stereocenters. The van der Waals surface area contributed by atoms with E-state index in [1.807, 2.05) is 31.3 Å². The quantitative estimate of drug-likeness (QED) is 0.471. The summed E-state index contributed by atoms with van der Waals surface area (Å²) in [7, 11) is 2.02. The number of carbonyl (C=O) groups excluding carboxylic acids is 1. The number of pyridine rings is 1. The van der Waals surface area contributed by atoms with Gasteiger partial charge in [0, 0.05) is 31.1 Å². The van der Waals surface area contributed by atoms with Gasteiger partial charge in [-0.2, -0.15) is 13.2 Å². The van der Waals surface area contributed by atoms with Crippen LogP contribution in [0.25, 0.3) is 10.9 Å². The lowest BCUT2D eigenvalue weighted by Crippen LogP contribution is -2.39. The molecule has 3 aromatic rings. The van der Waals surface area contributed by atoms with Crippen LogP contribution in [-0.2, 0) is 22.1 Å². The van der Waals surface area contributed by atoms with Gasteiger partial charge in [-0.3, -0.25) is 4.79 Å². The minimum Gasteiger partial charge on any atom is -0.376 e. The van der Waals surface area contributed by atoms with Crippen molar-refractivity contribution in [3.05, 3.63) is 65.7 Å². The van der Waals surface area contributed by atoms with Gasteiger partial charge in [-0.15, -0.1) is 0 Å². The number of likely N-dealkylation sites (N-methyl/N-ethyl adjacent to an activating group) is 1. The van der Waals surface area contributed by atoms with Crippen molar-refractivity contribution in [1.29, 1.82) is 0 Å². The van der Waals surface area contributed by atoms with Crippen molar-refractivity contribution < 1.29 is 22.7 Å². The molecule has 0 spiro atoms. The predicted octanol–water partition coefficient (Wildman–Crippen LogP) is 5.83. The van der Waals surface area contributed by atoms with Gasteiger partial charge in [-0.1, -0.05) is 12.1 Å². The molecule has 1 N–H and O–H groups in total. The van der Waals surface area contributed by atoms with Crippen LogP contribution in [0.1, 0.15) is 37.3 Å². The van der Waals surface area contributed by atoms with Crippen molar-refractivity contribution in [3.63, 3.8) is 0 Å². The van der Waals surface area contributed by atoms with Crippen molar-refractivity contribution in [1.82, 2.24) is 4.98 Å². The minimum absolute atomic E-state index is 0.173. The Morgan fingerprint density at radius 3 is 2.62 bits per heavy atom. The van der Waals surface area contributed by atoms with E-state index in [0.29, 0.717) is 17.7 Å². The largest absolute Gasteiger partial charge is 0.416 e. The number of fused-ring (bicyclic) bond motifs is 1. The lowest BCUT2D eigenvalue weighted by atomic mass is 10.1. The molecule has 1 aliphatic heterocycles. The molecule has 0 saturated carbocycles. The number of benzene rings is 2. The molecular formula is C26H28F3N3O2. The fourth-order valence-corrected chi connectivity index (χ4v) is 4.17. The van der Waals surface area contributed by atoms with Crippen LogP contribution < -0.4 is 10.2 Å². The smallest absolute Gasteiger partial charge is 0.376 e. The number of halogens is 3. The molecule has 1 amide bonds. The Morgan fingerprint density at radius 1 is 1.18 bits per heavy atom. The fraction of sp³-hybridized carbons (Fsp3) is 0.385. The highest BCUT2D eigenvalue weighted by molar-refractivity contribution is 5.94. The maximum atomic E-state index is 12.7. The summed E-state index contributed by atoms with van der Waals surface area (Å²) in [4.78, 5) is 19.3. The number of alkyl halides is 3. The average molecular weight is 472 g/mol. The molecule has 0 radical (unpaired) electrons. The predicted molar refractivity (Wildman–Crippen MR) is 127 cm³/mol. The molecule has 2 heterocycles. The van der Waals surface area contributed by atoms with Gasteiger partial charge in [0.1, 0.15) is 5.82 Å². The topological polar surface area (TPSA) is 54.5 Å². The summed E-state index contributed by atoms with van der Waals surface area (Å²) in [6, 6.07) is 14.6. The highest BCUT2D eigenvalue weighted by Crippen LogP contribution is 2.29. The first-order chi connectivity index (χ1) is 16.2. The molecule has 34 heavy (non-hydrogen) atoms. The van der Waals surface area contributed by atoms with Gasteiger partial charge in [-0.05, 0) is 74.2 Å². The molecule has 1 fully saturated rings. The Bertz CT molecular complexity index is 1140. The van der Waals surface area contributed by atoms with E-state index in [9.17, 15) is 18.0 Å². The molecule has 180 valence electrons. The summed E-state index contributed by atoms with van der Waals surface area (Å²) in [6.07, 6.45) is -1.47. The first-order valence-electron chi connectivity index (χ1n) is 11.4. The number of amides is 1. The van der Waals surface area contributed by atoms with Gasteiger partial charge in [0.15, 0.2) is 0 Å². The van der Waals surface area contributed by atoms with E-state index in [1.54, 1.807) is 6.07 Å². The maximum absolute atomic E-state index is 12.7. The zero-order valence-corrected chi connectivity index (χ0v) is 19.2. The van der Waals surface area contributed by atoms with E-state index in [-0.39, 0.29) is 24.5 Å². The zero-order valence-electron chi connectivity index (χ0n) is 19.2. The molecule has 2 atom stereocenters. The first kappa shape index (κ1) is 24.0. The second kappa shape index (κ2) is 10.0. The van der Waals surface area contributed by atoms with Crippen molar-refractivity contribution in [2.24, 2.45) is 0 Å². The van der Waals surface area contributed by atoms with Gasteiger partial charge in [0.2, 0.25) is 5.91 Å². The number of anilines is 2. The number of rotatable bonds is 7. The Labute approximate surface area is 196 Å². The molecule has 0 aliphatic carbocycles. The van der Waals surface area contributed by atoms with Crippen LogP contribution >= 0.6 is 0 Å². The van der Waals surface area contributed by atoms with Gasteiger partial charge >= 0.3 is 6.18 Å². The molecular weight excluding hydrogens is 443 g/mol. The Kier molecular flexibility index (Phi) is 7.07. The van der Waals surface area contributed by atoms with Crippen molar-refractivity contribution in [2.45, 2.75) is 50.9 Å². The van der Waals surface area contributed by atoms with E-state index in [1.165, 1.54) is 12.1 Å². The van der Waals surface area contributed by atoms with Crippen LogP contribution in [0.3, 0.4) is 0 Å². The third kappa shape index (κ3) is 5.67. The Morgan fingerprint density at radius 2 is 1.94 bits per heavy atom. The highest BCUT2D eigenvalue weighted by Gasteiger charge is 2.30. The standard InChI is InChI=1S/C26H28F3N3O2/c1-17(23-4-3-15-34-23)32(2)24-13-8-19-16-21(11-12-22(19)31-24)30-25(33)14-7-18-5-9-20(10-6-18)26(27,28)29/h5-6,8-13,16-17,23H,3-4,7,14-15H2,1-2H3,(H,30,33). The monoisotopic (exact) mass is 471 g/mol. The van der Waals surface area contributed by atoms with E-state index in [2.05, 4.69) is 17.1 Å². The number of ether oxygens (including phenoxy) is 1. The minimum atomic E-state index is -4.36. The molecule has 1 aromatic heterocycles. The average Bonchev–Trinajstić information content (AvgIpc) is 3.36. The number of aromatic nitrogens is 1. The lowest BCUT2D eigenvalue weighted by molar-refractivity contribution is -0.137. The number of hydrogen-bond donors (Lipinski definition) is 1. The van der Waals surface area contributed by atoms with Crippen LogP contribution in [0, 0.1) is 0 Å². The summed E-state index contributed by atoms with van der Waals surface area (Å²) >= 11 is 0. The fourth-order valence-electron chi connectivity index (χ4n) is 4.17. The van der Waals surface area contributed by atoms with E-state index >= 15 is 0 Å². The Balaban J connectivity index is 1.36. The second-order valence-electron chi connectivity index (χ2n) is 8.72. The van der Waals surface area contributed by atoms with Gasteiger partial charge in [0.25, 0.3) is 0 Å². The molecule has 5 nitrogen and oxygen atoms in total. The molecule has 0 bridgehead atoms. The van der Waals surface area contributed by atoms with Crippen LogP contribution in [0.2, 0.25) is 0 Å². The number of carbonyl (C=O) groups is 1. The molecule has 8 heteroatoms. The normalized spacial score (nSPS) is 17.0. The van der Waals surface area contributed by atoms with Gasteiger partial charge in [-0.25, -0.2) is 4.98 Å². The van der Waals surface area contributed by atoms with Crippen molar-refractivity contribution >= 4 is 28.3 Å². The number of aryl methyl sites for hydroxylation is 1. The SMILES string of the molecule is CC(C1CCCO1)N(C)c1ccc2cc(NC(=O)CCc3ccc(C(F)(F)F)cc3)ccc2n1. The van der Waals surface area contributed by atoms with Gasteiger partial charge < -0.3 is 15.0 Å². The third-order valence-corrected chi connectivity index (χ3v) is 6.36. The second-order valence-corrected chi connectivity index (χ2v) is 8.72. The number of nitrogens with one attached hydrogen (secondary N) is 1. The molecule has 4 rings (SSSR count). The summed E-state index contributed by atoms with van der Waals surface area (Å²) in [5, 5.41) is 3.76. The van der Waals surface area contributed by atoms with E-state index < -0.39 is 11.7 Å². The summed E-state index contributed by atoms with van der Waals surface area (Å²) in [5.41, 5.74) is 1.47. The summed E-state index contributed by atoms with van der Waals surface area (Å²) < 4.78 is 43.8. The molecule has 1 saturated heterocycles. The first-order valence-corrected chi connectivity index (χ1v) is 11.4. The summed E-state index contributed by atoms with van der Waals surface area (Å²) in [5.74, 6) is 0.665. The van der Waals surface area contributed by atoms with E-state index in [0.717, 1.165) is 48.3 Å². The maximum Gasteiger partial charge on any atom is 0.416 e. The van der Waals surface area contributed by atoms with E-state index in [4.69, 9.17) is 9.72 Å². The molecule has 2 aromatic carbocycles. The van der Waals surface area contributed by atoms with Crippen molar-refractivity contribution in [2.75, 3.05) is 23.9 Å². The third-order valence-electron chi connectivity index (χ3n) is 6.36. The van der Waals surface area contributed by atoms with Gasteiger partial charge in [0.05, 0.1) is 23.2 Å². The zero-order chi connectivity index (χ0) is 24.3. The van der Waals surface area contributed by atoms with Crippen molar-refractivity contribution in [3.8, 4) is 0 Å². The number of hydrogen-bond acceptors (Lipinski definition) is 4. The number of nitrogens with zero attached hydrogens (tertiary/aromatic N) is 2. The Hall–Kier alpha value is -3.13. The lowest BCUT2D eigenvalue weighted by Gasteiger charge is -2.30. The van der Waals surface area contributed by atoms with Crippen LogP contribution in [0.15, 0.2) is 54.6 Å². The highest BCUT2D eigenvalue weighted by atomic mass is 19.4. The summed E-state index contributed by atoms with van der Waals surface area (Å²) in [6.45, 7) is 2.96. The van der Waals surface area contributed by atoms with Crippen LogP contribution in [0.5, 0.6) is 0 Å². The molecule has 1 aliphatic rings. The van der Waals surface area contributed by atoms with Crippen LogP contribution in [-0.4, -0.2) is 36.7 Å². The van der Waals surface area contributed by atoms with Crippen LogP contribution in [0.4, 0.5) is 24.7 Å².